The van der Waals surface area contributed by atoms with Crippen molar-refractivity contribution in [3.63, 3.8) is 0 Å². The number of para-hydroxylation sites is 1. The van der Waals surface area contributed by atoms with Gasteiger partial charge in [-0.15, -0.1) is 11.3 Å². The zero-order chi connectivity index (χ0) is 18.0. The Morgan fingerprint density at radius 1 is 1.28 bits per heavy atom. The van der Waals surface area contributed by atoms with E-state index in [1.54, 1.807) is 12.1 Å². The summed E-state index contributed by atoms with van der Waals surface area (Å²) >= 11 is 6.66. The van der Waals surface area contributed by atoms with Crippen molar-refractivity contribution in [1.82, 2.24) is 0 Å². The highest BCUT2D eigenvalue weighted by Crippen LogP contribution is 2.28. The first-order chi connectivity index (χ1) is 11.9. The van der Waals surface area contributed by atoms with Gasteiger partial charge in [-0.3, -0.25) is 4.72 Å². The van der Waals surface area contributed by atoms with Crippen molar-refractivity contribution in [1.29, 1.82) is 0 Å². The van der Waals surface area contributed by atoms with E-state index < -0.39 is 28.1 Å². The number of halogens is 1. The first kappa shape index (κ1) is 17.7. The minimum atomic E-state index is -3.90. The van der Waals surface area contributed by atoms with Crippen molar-refractivity contribution in [2.24, 2.45) is 0 Å². The van der Waals surface area contributed by atoms with Crippen LogP contribution in [0.3, 0.4) is 0 Å². The predicted molar refractivity (Wildman–Crippen MR) is 91.4 cm³/mol. The smallest absolute Gasteiger partial charge is 0.347 e. The second-order valence-electron chi connectivity index (χ2n) is 5.06. The fourth-order valence-corrected chi connectivity index (χ4v) is 4.73. The number of benzene rings is 1. The summed E-state index contributed by atoms with van der Waals surface area (Å²) in [6.45, 7) is 0.185. The van der Waals surface area contributed by atoms with Gasteiger partial charge in [-0.25, -0.2) is 18.0 Å². The van der Waals surface area contributed by atoms with Crippen LogP contribution in [-0.4, -0.2) is 33.1 Å². The van der Waals surface area contributed by atoms with Gasteiger partial charge in [0, 0.05) is 6.42 Å². The van der Waals surface area contributed by atoms with Crippen LogP contribution in [0.2, 0.25) is 4.34 Å². The van der Waals surface area contributed by atoms with Gasteiger partial charge in [0.2, 0.25) is 6.10 Å². The van der Waals surface area contributed by atoms with Gasteiger partial charge in [-0.05, 0) is 24.3 Å². The second-order valence-corrected chi connectivity index (χ2v) is 8.68. The van der Waals surface area contributed by atoms with Gasteiger partial charge in [0.1, 0.15) is 4.21 Å². The number of carbonyl (C=O) groups excluding carboxylic acids is 2. The summed E-state index contributed by atoms with van der Waals surface area (Å²) in [5.74, 6) is -1.42. The Morgan fingerprint density at radius 3 is 2.68 bits per heavy atom. The lowest BCUT2D eigenvalue weighted by Crippen LogP contribution is -2.23. The van der Waals surface area contributed by atoms with Crippen LogP contribution in [-0.2, 0) is 24.3 Å². The number of esters is 2. The van der Waals surface area contributed by atoms with Gasteiger partial charge in [0.25, 0.3) is 10.0 Å². The van der Waals surface area contributed by atoms with E-state index in [0.717, 1.165) is 11.3 Å². The number of nitrogens with one attached hydrogen (secondary N) is 1. The Balaban J connectivity index is 1.83. The molecule has 1 aliphatic rings. The lowest BCUT2D eigenvalue weighted by molar-refractivity contribution is -0.145. The number of cyclic esters (lactones) is 1. The van der Waals surface area contributed by atoms with E-state index in [4.69, 9.17) is 21.1 Å². The summed E-state index contributed by atoms with van der Waals surface area (Å²) in [7, 11) is -3.90. The van der Waals surface area contributed by atoms with Crippen LogP contribution in [0.25, 0.3) is 0 Å². The number of thiophene rings is 1. The molecule has 25 heavy (non-hydrogen) atoms. The maximum absolute atomic E-state index is 12.4. The summed E-state index contributed by atoms with van der Waals surface area (Å²) in [6, 6.07) is 8.79. The van der Waals surface area contributed by atoms with Crippen molar-refractivity contribution in [3.05, 3.63) is 46.3 Å². The highest BCUT2D eigenvalue weighted by molar-refractivity contribution is 7.94. The third kappa shape index (κ3) is 3.94. The van der Waals surface area contributed by atoms with Gasteiger partial charge >= 0.3 is 11.9 Å². The fraction of sp³-hybridized carbons (Fsp3) is 0.200. The van der Waals surface area contributed by atoms with Crippen LogP contribution in [0.15, 0.2) is 40.6 Å². The van der Waals surface area contributed by atoms with Crippen LogP contribution >= 0.6 is 22.9 Å². The molecule has 1 saturated heterocycles. The average Bonchev–Trinajstić information content (AvgIpc) is 3.17. The minimum Gasteiger partial charge on any atom is -0.463 e. The number of hydrogen-bond acceptors (Lipinski definition) is 7. The van der Waals surface area contributed by atoms with Crippen molar-refractivity contribution >= 4 is 50.6 Å². The van der Waals surface area contributed by atoms with Gasteiger partial charge in [-0.2, -0.15) is 0 Å². The van der Waals surface area contributed by atoms with Crippen LogP contribution in [0.5, 0.6) is 0 Å². The molecule has 132 valence electrons. The molecular formula is C15H12ClNO6S2. The van der Waals surface area contributed by atoms with E-state index in [-0.39, 0.29) is 28.5 Å². The summed E-state index contributed by atoms with van der Waals surface area (Å²) in [5, 5.41) is 0. The molecule has 7 nitrogen and oxygen atoms in total. The molecule has 1 atom stereocenters. The Morgan fingerprint density at radius 2 is 2.04 bits per heavy atom. The largest absolute Gasteiger partial charge is 0.463 e. The second kappa shape index (κ2) is 7.03. The monoisotopic (exact) mass is 401 g/mol. The van der Waals surface area contributed by atoms with Crippen LogP contribution in [0, 0.1) is 0 Å². The molecule has 1 aliphatic heterocycles. The SMILES string of the molecule is O=C(O[C@H]1CCOC1=O)c1ccccc1NS(=O)(=O)c1ccc(Cl)s1. The normalized spacial score (nSPS) is 17.2. The molecule has 1 aromatic carbocycles. The fourth-order valence-electron chi connectivity index (χ4n) is 2.16. The number of hydrogen-bond donors (Lipinski definition) is 1. The quantitative estimate of drug-likeness (QED) is 0.773. The molecule has 1 N–H and O–H groups in total. The van der Waals surface area contributed by atoms with Crippen molar-refractivity contribution in [2.45, 2.75) is 16.7 Å². The Hall–Kier alpha value is -2.10. The van der Waals surface area contributed by atoms with E-state index in [2.05, 4.69) is 4.72 Å². The standard InChI is InChI=1S/C15H12ClNO6S2/c16-12-5-6-13(24-12)25(20,21)17-10-4-2-1-3-9(10)14(18)23-11-7-8-22-15(11)19/h1-6,11,17H,7-8H2/t11-/m0/s1. The topological polar surface area (TPSA) is 98.8 Å². The first-order valence-electron chi connectivity index (χ1n) is 7.11. The summed E-state index contributed by atoms with van der Waals surface area (Å²) in [6.07, 6.45) is -0.708. The number of rotatable bonds is 5. The van der Waals surface area contributed by atoms with Gasteiger partial charge in [-0.1, -0.05) is 23.7 Å². The highest BCUT2D eigenvalue weighted by Gasteiger charge is 2.31. The molecule has 0 spiro atoms. The Bertz CT molecular complexity index is 924. The lowest BCUT2D eigenvalue weighted by Gasteiger charge is -2.13. The molecule has 0 radical (unpaired) electrons. The molecule has 0 amide bonds. The zero-order valence-corrected chi connectivity index (χ0v) is 15.0. The summed E-state index contributed by atoms with van der Waals surface area (Å²) < 4.78 is 37.3. The molecule has 0 unspecified atom stereocenters. The molecular weight excluding hydrogens is 390 g/mol. The Labute approximate surface area is 152 Å². The maximum atomic E-state index is 12.4. The van der Waals surface area contributed by atoms with Gasteiger partial charge in [0.05, 0.1) is 22.2 Å². The maximum Gasteiger partial charge on any atom is 0.347 e. The molecule has 0 aliphatic carbocycles. The highest BCUT2D eigenvalue weighted by atomic mass is 35.5. The van der Waals surface area contributed by atoms with Gasteiger partial charge < -0.3 is 9.47 Å². The van der Waals surface area contributed by atoms with Crippen LogP contribution < -0.4 is 4.72 Å². The number of ether oxygens (including phenoxy) is 2. The van der Waals surface area contributed by atoms with Crippen LogP contribution in [0.4, 0.5) is 5.69 Å². The molecule has 0 bridgehead atoms. The predicted octanol–water partition coefficient (Wildman–Crippen LogP) is 2.67. The minimum absolute atomic E-state index is 0.00609. The Kier molecular flexibility index (Phi) is 4.98. The molecule has 2 heterocycles. The zero-order valence-electron chi connectivity index (χ0n) is 12.6. The first-order valence-corrected chi connectivity index (χ1v) is 9.79. The van der Waals surface area contributed by atoms with E-state index >= 15 is 0 Å². The van der Waals surface area contributed by atoms with Crippen molar-refractivity contribution in [2.75, 3.05) is 11.3 Å². The molecule has 2 aromatic rings. The van der Waals surface area contributed by atoms with Gasteiger partial charge in [0.15, 0.2) is 0 Å². The summed E-state index contributed by atoms with van der Waals surface area (Å²) in [5.41, 5.74) is 0.0387. The number of anilines is 1. The van der Waals surface area contributed by atoms with Crippen molar-refractivity contribution < 1.29 is 27.5 Å². The molecule has 10 heteroatoms. The van der Waals surface area contributed by atoms with Crippen molar-refractivity contribution in [3.8, 4) is 0 Å². The number of sulfonamides is 1. The third-order valence-corrected chi connectivity index (χ3v) is 6.43. The number of carbonyl (C=O) groups is 2. The van der Waals surface area contributed by atoms with Crippen LogP contribution in [0.1, 0.15) is 16.8 Å². The molecule has 1 fully saturated rings. The average molecular weight is 402 g/mol. The molecule has 1 aromatic heterocycles. The van der Waals surface area contributed by atoms with E-state index in [1.807, 2.05) is 0 Å². The van der Waals surface area contributed by atoms with E-state index in [1.165, 1.54) is 24.3 Å². The lowest BCUT2D eigenvalue weighted by atomic mass is 10.2. The summed E-state index contributed by atoms with van der Waals surface area (Å²) in [4.78, 5) is 23.7. The third-order valence-electron chi connectivity index (χ3n) is 3.34. The van der Waals surface area contributed by atoms with E-state index in [9.17, 15) is 18.0 Å². The molecule has 0 saturated carbocycles. The molecule has 3 rings (SSSR count). The van der Waals surface area contributed by atoms with E-state index in [0.29, 0.717) is 4.34 Å².